The van der Waals surface area contributed by atoms with Crippen molar-refractivity contribution in [1.29, 1.82) is 0 Å². The lowest BCUT2D eigenvalue weighted by molar-refractivity contribution is 0.0946. The molecule has 1 amide bonds. The number of nitrogens with zero attached hydrogens (tertiary/aromatic N) is 4. The molecular weight excluding hydrogens is 415 g/mol. The summed E-state index contributed by atoms with van der Waals surface area (Å²) in [5.74, 6) is -0.713. The summed E-state index contributed by atoms with van der Waals surface area (Å²) in [6.07, 6.45) is 3.49. The van der Waals surface area contributed by atoms with Crippen LogP contribution in [0, 0.1) is 0 Å². The first-order chi connectivity index (χ1) is 14.0. The van der Waals surface area contributed by atoms with Crippen LogP contribution in [0.15, 0.2) is 58.4 Å². The van der Waals surface area contributed by atoms with Crippen LogP contribution in [0.5, 0.6) is 0 Å². The van der Waals surface area contributed by atoms with Crippen LogP contribution in [-0.4, -0.2) is 27.0 Å². The van der Waals surface area contributed by atoms with Gasteiger partial charge in [-0.15, -0.1) is 0 Å². The molecule has 4 rings (SSSR count). The molecule has 4 aromatic rings. The molecule has 0 unspecified atom stereocenters. The molecule has 3 N–H and O–H groups in total. The second-order valence-electron chi connectivity index (χ2n) is 6.18. The van der Waals surface area contributed by atoms with Crippen LogP contribution in [0.1, 0.15) is 21.6 Å². The highest BCUT2D eigenvalue weighted by Crippen LogP contribution is 2.25. The fourth-order valence-electron chi connectivity index (χ4n) is 2.91. The molecule has 0 saturated heterocycles. The Morgan fingerprint density at radius 3 is 2.79 bits per heavy atom. The molecule has 0 saturated carbocycles. The average Bonchev–Trinajstić information content (AvgIpc) is 3.29. The summed E-state index contributed by atoms with van der Waals surface area (Å²) >= 11 is 12.1. The molecule has 2 aromatic carbocycles. The first kappa shape index (κ1) is 19.0. The molecule has 2 aromatic heterocycles. The lowest BCUT2D eigenvalue weighted by Crippen LogP contribution is -2.19. The van der Waals surface area contributed by atoms with Crippen molar-refractivity contribution in [2.45, 2.75) is 6.54 Å². The maximum absolute atomic E-state index is 12.0. The van der Waals surface area contributed by atoms with Gasteiger partial charge in [-0.25, -0.2) is 10.1 Å². The van der Waals surface area contributed by atoms with E-state index in [1.54, 1.807) is 12.3 Å². The highest BCUT2D eigenvalue weighted by Gasteiger charge is 2.15. The van der Waals surface area contributed by atoms with Gasteiger partial charge in [-0.05, 0) is 34.1 Å². The number of rotatable bonds is 5. The molecular formula is C19H14Cl2N6O2. The molecule has 0 radical (unpaired) electrons. The van der Waals surface area contributed by atoms with Crippen LogP contribution < -0.4 is 11.2 Å². The summed E-state index contributed by atoms with van der Waals surface area (Å²) in [7, 11) is 0. The van der Waals surface area contributed by atoms with Gasteiger partial charge in [-0.2, -0.15) is 5.10 Å². The van der Waals surface area contributed by atoms with E-state index in [0.717, 1.165) is 22.0 Å². The molecule has 0 fully saturated rings. The van der Waals surface area contributed by atoms with E-state index in [0.29, 0.717) is 16.6 Å². The standard InChI is InChI=1S/C19H14Cl2N6O2/c20-14-6-5-11(7-15(14)21)9-27-10-12(13-3-1-2-4-16(13)27)8-23-24-19(28)17-18(22)26-29-25-17/h1-8,10H,9H2,(H2,22,26)(H,24,28). The summed E-state index contributed by atoms with van der Waals surface area (Å²) in [5, 5.41) is 12.8. The van der Waals surface area contributed by atoms with E-state index in [1.807, 2.05) is 42.6 Å². The number of anilines is 1. The van der Waals surface area contributed by atoms with Crippen LogP contribution in [-0.2, 0) is 6.54 Å². The predicted molar refractivity (Wildman–Crippen MR) is 111 cm³/mol. The van der Waals surface area contributed by atoms with Crippen molar-refractivity contribution >= 4 is 52.0 Å². The SMILES string of the molecule is Nc1nonc1C(=O)NN=Cc1cn(Cc2ccc(Cl)c(Cl)c2)c2ccccc12. The number of nitrogens with one attached hydrogen (secondary N) is 1. The number of nitrogen functional groups attached to an aromatic ring is 1. The molecule has 0 aliphatic rings. The Balaban J connectivity index is 1.59. The van der Waals surface area contributed by atoms with Gasteiger partial charge in [0.1, 0.15) is 0 Å². The van der Waals surface area contributed by atoms with E-state index in [-0.39, 0.29) is 11.5 Å². The summed E-state index contributed by atoms with van der Waals surface area (Å²) in [6, 6.07) is 13.4. The van der Waals surface area contributed by atoms with Crippen molar-refractivity contribution in [2.75, 3.05) is 5.73 Å². The molecule has 0 bridgehead atoms. The smallest absolute Gasteiger partial charge is 0.297 e. The Bertz CT molecular complexity index is 1230. The van der Waals surface area contributed by atoms with Gasteiger partial charge in [-0.1, -0.05) is 47.5 Å². The monoisotopic (exact) mass is 428 g/mol. The van der Waals surface area contributed by atoms with E-state index in [2.05, 4.69) is 30.0 Å². The van der Waals surface area contributed by atoms with Crippen LogP contribution in [0.3, 0.4) is 0 Å². The third-order valence-corrected chi connectivity index (χ3v) is 4.99. The zero-order valence-electron chi connectivity index (χ0n) is 14.8. The molecule has 10 heteroatoms. The van der Waals surface area contributed by atoms with Crippen LogP contribution in [0.2, 0.25) is 10.0 Å². The molecule has 146 valence electrons. The van der Waals surface area contributed by atoms with Gasteiger partial charge < -0.3 is 10.3 Å². The number of nitrogens with two attached hydrogens (primary N) is 1. The highest BCUT2D eigenvalue weighted by molar-refractivity contribution is 6.42. The van der Waals surface area contributed by atoms with Gasteiger partial charge in [0.05, 0.1) is 16.3 Å². The average molecular weight is 429 g/mol. The van der Waals surface area contributed by atoms with E-state index >= 15 is 0 Å². The van der Waals surface area contributed by atoms with E-state index < -0.39 is 5.91 Å². The molecule has 0 spiro atoms. The van der Waals surface area contributed by atoms with Gasteiger partial charge in [0.25, 0.3) is 5.91 Å². The molecule has 0 aliphatic heterocycles. The summed E-state index contributed by atoms with van der Waals surface area (Å²) in [6.45, 7) is 0.596. The van der Waals surface area contributed by atoms with Crippen molar-refractivity contribution in [3.05, 3.63) is 75.5 Å². The minimum Gasteiger partial charge on any atom is -0.379 e. The normalized spacial score (nSPS) is 11.4. The molecule has 0 aliphatic carbocycles. The van der Waals surface area contributed by atoms with Gasteiger partial charge in [0, 0.05) is 29.2 Å². The fourth-order valence-corrected chi connectivity index (χ4v) is 3.23. The van der Waals surface area contributed by atoms with E-state index in [1.165, 1.54) is 0 Å². The number of hydrogen-bond acceptors (Lipinski definition) is 6. The van der Waals surface area contributed by atoms with Gasteiger partial charge in [-0.3, -0.25) is 4.79 Å². The minimum atomic E-state index is -0.612. The Morgan fingerprint density at radius 2 is 2.03 bits per heavy atom. The Morgan fingerprint density at radius 1 is 1.21 bits per heavy atom. The number of benzene rings is 2. The van der Waals surface area contributed by atoms with Crippen molar-refractivity contribution in [3.63, 3.8) is 0 Å². The number of halogens is 2. The largest absolute Gasteiger partial charge is 0.379 e. The van der Waals surface area contributed by atoms with Gasteiger partial charge in [0.2, 0.25) is 11.5 Å². The fraction of sp³-hybridized carbons (Fsp3) is 0.0526. The van der Waals surface area contributed by atoms with E-state index in [4.69, 9.17) is 28.9 Å². The van der Waals surface area contributed by atoms with Crippen molar-refractivity contribution in [1.82, 2.24) is 20.3 Å². The van der Waals surface area contributed by atoms with Crippen molar-refractivity contribution < 1.29 is 9.42 Å². The summed E-state index contributed by atoms with van der Waals surface area (Å²) < 4.78 is 6.47. The number of hydrogen-bond donors (Lipinski definition) is 2. The second-order valence-corrected chi connectivity index (χ2v) is 6.99. The second kappa shape index (κ2) is 7.94. The van der Waals surface area contributed by atoms with Crippen molar-refractivity contribution in [2.24, 2.45) is 5.10 Å². The van der Waals surface area contributed by atoms with E-state index in [9.17, 15) is 4.79 Å². The molecule has 29 heavy (non-hydrogen) atoms. The number of amides is 1. The predicted octanol–water partition coefficient (Wildman–Crippen LogP) is 3.73. The maximum Gasteiger partial charge on any atom is 0.297 e. The Labute approximate surface area is 174 Å². The zero-order valence-corrected chi connectivity index (χ0v) is 16.4. The highest BCUT2D eigenvalue weighted by atomic mass is 35.5. The Kier molecular flexibility index (Phi) is 5.20. The lowest BCUT2D eigenvalue weighted by atomic mass is 10.2. The third kappa shape index (κ3) is 3.94. The molecule has 0 atom stereocenters. The minimum absolute atomic E-state index is 0.101. The van der Waals surface area contributed by atoms with Crippen molar-refractivity contribution in [3.8, 4) is 0 Å². The van der Waals surface area contributed by atoms with Crippen LogP contribution in [0.4, 0.5) is 5.82 Å². The maximum atomic E-state index is 12.0. The first-order valence-corrected chi connectivity index (χ1v) is 9.22. The summed E-state index contributed by atoms with van der Waals surface area (Å²) in [4.78, 5) is 12.0. The Hall–Kier alpha value is -3.36. The topological polar surface area (TPSA) is 111 Å². The molecule has 2 heterocycles. The zero-order chi connectivity index (χ0) is 20.4. The summed E-state index contributed by atoms with van der Waals surface area (Å²) in [5.41, 5.74) is 10.6. The quantitative estimate of drug-likeness (QED) is 0.371. The van der Waals surface area contributed by atoms with Gasteiger partial charge in [0.15, 0.2) is 0 Å². The van der Waals surface area contributed by atoms with Crippen LogP contribution in [0.25, 0.3) is 10.9 Å². The number of carbonyl (C=O) groups excluding carboxylic acids is 1. The third-order valence-electron chi connectivity index (χ3n) is 4.26. The number of aromatic nitrogens is 3. The number of fused-ring (bicyclic) bond motifs is 1. The number of para-hydroxylation sites is 1. The first-order valence-electron chi connectivity index (χ1n) is 8.46. The lowest BCUT2D eigenvalue weighted by Gasteiger charge is -2.06. The van der Waals surface area contributed by atoms with Crippen LogP contribution >= 0.6 is 23.2 Å². The number of hydrazone groups is 1. The molecule has 8 nitrogen and oxygen atoms in total. The number of carbonyl (C=O) groups is 1. The van der Waals surface area contributed by atoms with Gasteiger partial charge >= 0.3 is 0 Å².